The maximum Gasteiger partial charge on any atom is 0.245 e. The lowest BCUT2D eigenvalue weighted by molar-refractivity contribution is -0.139. The van der Waals surface area contributed by atoms with Crippen LogP contribution in [-0.4, -0.2) is 62.7 Å². The molecule has 1 N–H and O–H groups in total. The molecular weight excluding hydrogens is 356 g/mol. The van der Waals surface area contributed by atoms with Gasteiger partial charge in [0, 0.05) is 50.3 Å². The molecule has 7 nitrogen and oxygen atoms in total. The van der Waals surface area contributed by atoms with Crippen LogP contribution in [0.3, 0.4) is 0 Å². The van der Waals surface area contributed by atoms with Gasteiger partial charge in [-0.1, -0.05) is 36.9 Å². The first kappa shape index (κ1) is 19.8. The number of rotatable bonds is 9. The lowest BCUT2D eigenvalue weighted by Crippen LogP contribution is -2.51. The number of nitrogens with zero attached hydrogens (tertiary/aromatic N) is 4. The van der Waals surface area contributed by atoms with Gasteiger partial charge in [-0.05, 0) is 11.6 Å². The van der Waals surface area contributed by atoms with Gasteiger partial charge in [-0.25, -0.2) is 0 Å². The van der Waals surface area contributed by atoms with Gasteiger partial charge in [-0.2, -0.15) is 5.10 Å². The largest absolute Gasteiger partial charge is 0.395 e. The topological polar surface area (TPSA) is 78.7 Å². The molecule has 0 saturated carbocycles. The Morgan fingerprint density at radius 3 is 2.68 bits per heavy atom. The van der Waals surface area contributed by atoms with E-state index in [1.807, 2.05) is 41.2 Å². The summed E-state index contributed by atoms with van der Waals surface area (Å²) >= 11 is 0. The molecule has 1 aromatic heterocycles. The fourth-order valence-electron chi connectivity index (χ4n) is 3.36. The van der Waals surface area contributed by atoms with Crippen molar-refractivity contribution in [2.24, 2.45) is 5.92 Å². The lowest BCUT2D eigenvalue weighted by atomic mass is 9.95. The van der Waals surface area contributed by atoms with Crippen LogP contribution in [0.1, 0.15) is 17.5 Å². The minimum absolute atomic E-state index is 0.0134. The number of carbonyl (C=O) groups excluding carboxylic acids is 2. The molecule has 1 saturated heterocycles. The van der Waals surface area contributed by atoms with Crippen LogP contribution in [0.2, 0.25) is 0 Å². The van der Waals surface area contributed by atoms with Crippen molar-refractivity contribution in [1.29, 1.82) is 0 Å². The van der Waals surface area contributed by atoms with Crippen LogP contribution in [0.15, 0.2) is 55.4 Å². The van der Waals surface area contributed by atoms with Crippen molar-refractivity contribution in [2.45, 2.75) is 19.5 Å². The smallest absolute Gasteiger partial charge is 0.245 e. The van der Waals surface area contributed by atoms with E-state index in [1.54, 1.807) is 16.0 Å². The van der Waals surface area contributed by atoms with Gasteiger partial charge in [0.1, 0.15) is 0 Å². The molecule has 1 aromatic carbocycles. The highest BCUT2D eigenvalue weighted by Crippen LogP contribution is 2.21. The predicted molar refractivity (Wildman–Crippen MR) is 105 cm³/mol. The average molecular weight is 382 g/mol. The zero-order chi connectivity index (χ0) is 19.9. The minimum Gasteiger partial charge on any atom is -0.395 e. The highest BCUT2D eigenvalue weighted by atomic mass is 16.3. The Bertz CT molecular complexity index is 812. The average Bonchev–Trinajstić information content (AvgIpc) is 3.11. The molecule has 0 atom stereocenters. The lowest BCUT2D eigenvalue weighted by Gasteiger charge is -2.39. The van der Waals surface area contributed by atoms with Gasteiger partial charge in [0.25, 0.3) is 0 Å². The summed E-state index contributed by atoms with van der Waals surface area (Å²) in [5.74, 6) is 0.0562. The molecule has 3 rings (SSSR count). The Morgan fingerprint density at radius 2 is 2.00 bits per heavy atom. The molecule has 1 aliphatic heterocycles. The summed E-state index contributed by atoms with van der Waals surface area (Å²) in [6, 6.07) is 10.0. The molecule has 0 radical (unpaired) electrons. The molecule has 0 bridgehead atoms. The molecule has 1 aliphatic rings. The normalized spacial score (nSPS) is 13.8. The van der Waals surface area contributed by atoms with Crippen molar-refractivity contribution in [2.75, 3.05) is 26.2 Å². The van der Waals surface area contributed by atoms with E-state index >= 15 is 0 Å². The second-order valence-electron chi connectivity index (χ2n) is 7.09. The number of aliphatic hydroxyl groups is 1. The first-order valence-electron chi connectivity index (χ1n) is 9.44. The number of likely N-dealkylation sites (tertiary alicyclic amines) is 1. The zero-order valence-electron chi connectivity index (χ0n) is 15.9. The molecule has 2 amide bonds. The zero-order valence-corrected chi connectivity index (χ0v) is 15.9. The number of amides is 2. The van der Waals surface area contributed by atoms with Crippen LogP contribution in [-0.2, 0) is 22.7 Å². The monoisotopic (exact) mass is 382 g/mol. The molecule has 28 heavy (non-hydrogen) atoms. The van der Waals surface area contributed by atoms with E-state index in [0.29, 0.717) is 32.6 Å². The molecule has 7 heteroatoms. The Morgan fingerprint density at radius 1 is 1.25 bits per heavy atom. The van der Waals surface area contributed by atoms with Crippen molar-refractivity contribution >= 4 is 11.8 Å². The van der Waals surface area contributed by atoms with Gasteiger partial charge in [-0.15, -0.1) is 0 Å². The number of carbonyl (C=O) groups is 2. The second-order valence-corrected chi connectivity index (χ2v) is 7.09. The van der Waals surface area contributed by atoms with Crippen molar-refractivity contribution in [3.63, 3.8) is 0 Å². The Balaban J connectivity index is 1.53. The summed E-state index contributed by atoms with van der Waals surface area (Å²) in [6.45, 7) is 5.92. The Kier molecular flexibility index (Phi) is 6.60. The molecule has 0 unspecified atom stereocenters. The van der Waals surface area contributed by atoms with Crippen LogP contribution in [0, 0.1) is 5.92 Å². The van der Waals surface area contributed by atoms with Crippen LogP contribution >= 0.6 is 0 Å². The number of benzene rings is 1. The third-order valence-electron chi connectivity index (χ3n) is 4.88. The van der Waals surface area contributed by atoms with Crippen molar-refractivity contribution in [1.82, 2.24) is 19.6 Å². The van der Waals surface area contributed by atoms with Gasteiger partial charge in [0.15, 0.2) is 0 Å². The molecule has 1 fully saturated rings. The fraction of sp³-hybridized carbons (Fsp3) is 0.381. The predicted octanol–water partition coefficient (Wildman–Crippen LogP) is 1.29. The Hall–Kier alpha value is -2.93. The standard InChI is InChI=1S/C21H26N4O3/c1-2-20(27)24-12-18(13-24)10-21(28)23(8-9-26)14-19-11-22-25(16-19)15-17-6-4-3-5-7-17/h2-7,11,16,18,26H,1,8-10,12-15H2. The third-order valence-corrected chi connectivity index (χ3v) is 4.88. The second kappa shape index (κ2) is 9.32. The minimum atomic E-state index is -0.0956. The quantitative estimate of drug-likeness (QED) is 0.663. The maximum atomic E-state index is 12.6. The van der Waals surface area contributed by atoms with Gasteiger partial charge < -0.3 is 14.9 Å². The van der Waals surface area contributed by atoms with Crippen LogP contribution in [0.4, 0.5) is 0 Å². The highest BCUT2D eigenvalue weighted by molar-refractivity contribution is 5.87. The summed E-state index contributed by atoms with van der Waals surface area (Å²) in [7, 11) is 0. The summed E-state index contributed by atoms with van der Waals surface area (Å²) < 4.78 is 1.84. The number of hydrogen-bond acceptors (Lipinski definition) is 4. The van der Waals surface area contributed by atoms with E-state index in [9.17, 15) is 14.7 Å². The van der Waals surface area contributed by atoms with E-state index in [0.717, 1.165) is 11.1 Å². The first-order valence-corrected chi connectivity index (χ1v) is 9.44. The summed E-state index contributed by atoms with van der Waals surface area (Å²) in [6.07, 6.45) is 5.36. The number of aromatic nitrogens is 2. The third kappa shape index (κ3) is 5.07. The van der Waals surface area contributed by atoms with E-state index in [2.05, 4.69) is 11.7 Å². The molecule has 2 heterocycles. The van der Waals surface area contributed by atoms with Crippen LogP contribution in [0.25, 0.3) is 0 Å². The highest BCUT2D eigenvalue weighted by Gasteiger charge is 2.32. The molecule has 0 spiro atoms. The maximum absolute atomic E-state index is 12.6. The Labute approximate surface area is 164 Å². The van der Waals surface area contributed by atoms with Gasteiger partial charge in [-0.3, -0.25) is 14.3 Å². The summed E-state index contributed by atoms with van der Waals surface area (Å²) in [5.41, 5.74) is 2.08. The van der Waals surface area contributed by atoms with E-state index in [4.69, 9.17) is 0 Å². The summed E-state index contributed by atoms with van der Waals surface area (Å²) in [4.78, 5) is 27.5. The van der Waals surface area contributed by atoms with E-state index < -0.39 is 0 Å². The van der Waals surface area contributed by atoms with E-state index in [1.165, 1.54) is 6.08 Å². The number of aliphatic hydroxyl groups excluding tert-OH is 1. The summed E-state index contributed by atoms with van der Waals surface area (Å²) in [5, 5.41) is 13.7. The first-order chi connectivity index (χ1) is 13.6. The van der Waals surface area contributed by atoms with Crippen LogP contribution in [0.5, 0.6) is 0 Å². The van der Waals surface area contributed by atoms with Crippen molar-refractivity contribution in [3.8, 4) is 0 Å². The molecule has 2 aromatic rings. The van der Waals surface area contributed by atoms with Gasteiger partial charge in [0.05, 0.1) is 19.3 Å². The molecule has 0 aliphatic carbocycles. The van der Waals surface area contributed by atoms with Crippen molar-refractivity contribution in [3.05, 3.63) is 66.5 Å². The van der Waals surface area contributed by atoms with Gasteiger partial charge >= 0.3 is 0 Å². The SMILES string of the molecule is C=CC(=O)N1CC(CC(=O)N(CCO)Cc2cnn(Cc3ccccc3)c2)C1. The molecule has 148 valence electrons. The number of hydrogen-bond donors (Lipinski definition) is 1. The van der Waals surface area contributed by atoms with Crippen molar-refractivity contribution < 1.29 is 14.7 Å². The van der Waals surface area contributed by atoms with E-state index in [-0.39, 0.29) is 30.9 Å². The van der Waals surface area contributed by atoms with Crippen LogP contribution < -0.4 is 0 Å². The fourth-order valence-corrected chi connectivity index (χ4v) is 3.36. The van der Waals surface area contributed by atoms with Gasteiger partial charge in [0.2, 0.25) is 11.8 Å². The molecular formula is C21H26N4O3.